The number of rotatable bonds is 4. The normalized spacial score (nSPS) is 11.3. The highest BCUT2D eigenvalue weighted by Crippen LogP contribution is 2.06. The summed E-state index contributed by atoms with van der Waals surface area (Å²) in [5.74, 6) is 0. The molecule has 0 heterocycles. The molecule has 0 aliphatic heterocycles. The largest absolute Gasteiger partial charge is 0.332 e. The summed E-state index contributed by atoms with van der Waals surface area (Å²) in [6, 6.07) is 32.2. The Labute approximate surface area is 127 Å². The molecule has 1 nitrogen and oxygen atoms in total. The third kappa shape index (κ3) is 2.44. The summed E-state index contributed by atoms with van der Waals surface area (Å²) in [4.78, 5) is 0. The van der Waals surface area contributed by atoms with Gasteiger partial charge in [0.15, 0.2) is 8.07 Å². The molecule has 0 saturated carbocycles. The van der Waals surface area contributed by atoms with Crippen molar-refractivity contribution in [1.82, 2.24) is 0 Å². The highest BCUT2D eigenvalue weighted by Gasteiger charge is 2.37. The first-order valence-electron chi connectivity index (χ1n) is 7.24. The van der Waals surface area contributed by atoms with Crippen LogP contribution in [0.25, 0.3) is 0 Å². The molecule has 2 N–H and O–H groups in total. The van der Waals surface area contributed by atoms with E-state index in [0.717, 1.165) is 0 Å². The predicted molar refractivity (Wildman–Crippen MR) is 93.0 cm³/mol. The van der Waals surface area contributed by atoms with Crippen LogP contribution in [0.4, 0.5) is 0 Å². The van der Waals surface area contributed by atoms with Gasteiger partial charge in [-0.1, -0.05) is 91.0 Å². The predicted octanol–water partition coefficient (Wildman–Crippen LogP) is 1.65. The number of hydrogen-bond donors (Lipinski definition) is 1. The van der Waals surface area contributed by atoms with E-state index < -0.39 is 8.07 Å². The van der Waals surface area contributed by atoms with Gasteiger partial charge in [0.2, 0.25) is 0 Å². The second kappa shape index (κ2) is 6.08. The van der Waals surface area contributed by atoms with Crippen molar-refractivity contribution < 1.29 is 0 Å². The van der Waals surface area contributed by atoms with Gasteiger partial charge in [-0.2, -0.15) is 0 Å². The van der Waals surface area contributed by atoms with Gasteiger partial charge in [0.05, 0.1) is 0 Å². The number of hydrogen-bond acceptors (Lipinski definition) is 1. The molecule has 104 valence electrons. The molecule has 0 radical (unpaired) electrons. The first-order chi connectivity index (χ1) is 10.4. The van der Waals surface area contributed by atoms with Crippen LogP contribution in [0.15, 0.2) is 91.0 Å². The molecule has 2 heteroatoms. The van der Waals surface area contributed by atoms with Crippen LogP contribution in [0.2, 0.25) is 0 Å². The van der Waals surface area contributed by atoms with Crippen molar-refractivity contribution in [3.05, 3.63) is 91.0 Å². The molecule has 3 aromatic carbocycles. The Hall–Kier alpha value is -2.16. The summed E-state index contributed by atoms with van der Waals surface area (Å²) in [7, 11) is -2.12. The molecule has 0 spiro atoms. The van der Waals surface area contributed by atoms with E-state index in [2.05, 4.69) is 91.0 Å². The van der Waals surface area contributed by atoms with E-state index in [1.165, 1.54) is 15.6 Å². The van der Waals surface area contributed by atoms with Crippen LogP contribution in [-0.2, 0) is 0 Å². The summed E-state index contributed by atoms with van der Waals surface area (Å²) in [5.41, 5.74) is 6.37. The van der Waals surface area contributed by atoms with E-state index in [4.69, 9.17) is 5.73 Å². The topological polar surface area (TPSA) is 26.0 Å². The average Bonchev–Trinajstić information content (AvgIpc) is 2.59. The Kier molecular flexibility index (Phi) is 4.00. The third-order valence-electron chi connectivity index (χ3n) is 4.11. The monoisotopic (exact) mass is 289 g/mol. The van der Waals surface area contributed by atoms with Crippen LogP contribution < -0.4 is 21.3 Å². The second-order valence-corrected chi connectivity index (χ2v) is 9.16. The van der Waals surface area contributed by atoms with Crippen molar-refractivity contribution in [2.45, 2.75) is 0 Å². The first-order valence-corrected chi connectivity index (χ1v) is 9.45. The van der Waals surface area contributed by atoms with Crippen molar-refractivity contribution >= 4 is 23.6 Å². The molecule has 0 atom stereocenters. The molecule has 0 aromatic heterocycles. The number of nitrogens with two attached hydrogens (primary N) is 1. The van der Waals surface area contributed by atoms with Crippen molar-refractivity contribution in [3.8, 4) is 0 Å². The van der Waals surface area contributed by atoms with Gasteiger partial charge in [-0.25, -0.2) is 0 Å². The van der Waals surface area contributed by atoms with Crippen LogP contribution in [0.1, 0.15) is 0 Å². The van der Waals surface area contributed by atoms with E-state index in [-0.39, 0.29) is 0 Å². The summed E-state index contributed by atoms with van der Waals surface area (Å²) in [6.45, 7) is 0. The van der Waals surface area contributed by atoms with Crippen LogP contribution in [0.3, 0.4) is 0 Å². The maximum Gasteiger partial charge on any atom is 0.161 e. The quantitative estimate of drug-likeness (QED) is 0.574. The van der Waals surface area contributed by atoms with Gasteiger partial charge >= 0.3 is 0 Å². The maximum absolute atomic E-state index is 6.37. The Morgan fingerprint density at radius 3 is 1.05 bits per heavy atom. The lowest BCUT2D eigenvalue weighted by Crippen LogP contribution is -2.71. The average molecular weight is 289 g/mol. The molecule has 0 fully saturated rings. The SMILES string of the molecule is NC[Si](c1ccccc1)(c1ccccc1)c1ccccc1. The summed E-state index contributed by atoms with van der Waals surface area (Å²) < 4.78 is 0. The molecular weight excluding hydrogens is 270 g/mol. The Bertz CT molecular complexity index is 584. The van der Waals surface area contributed by atoms with Gasteiger partial charge in [0, 0.05) is 0 Å². The first kappa shape index (κ1) is 13.8. The molecule has 0 unspecified atom stereocenters. The van der Waals surface area contributed by atoms with Gasteiger partial charge in [-0.3, -0.25) is 0 Å². The molecule has 0 aliphatic carbocycles. The van der Waals surface area contributed by atoms with Crippen molar-refractivity contribution in [1.29, 1.82) is 0 Å². The molecule has 21 heavy (non-hydrogen) atoms. The zero-order valence-electron chi connectivity index (χ0n) is 11.9. The van der Waals surface area contributed by atoms with Crippen LogP contribution in [0, 0.1) is 0 Å². The molecule has 3 aromatic rings. The molecule has 0 saturated heterocycles. The lowest BCUT2D eigenvalue weighted by atomic mass is 10.3. The summed E-state index contributed by atoms with van der Waals surface area (Å²) >= 11 is 0. The molecule has 3 rings (SSSR count). The zero-order chi connectivity index (χ0) is 14.5. The van der Waals surface area contributed by atoms with Gasteiger partial charge in [0.25, 0.3) is 0 Å². The van der Waals surface area contributed by atoms with Crippen molar-refractivity contribution in [2.24, 2.45) is 5.73 Å². The van der Waals surface area contributed by atoms with Gasteiger partial charge in [-0.15, -0.1) is 0 Å². The van der Waals surface area contributed by atoms with Gasteiger partial charge in [0.1, 0.15) is 0 Å². The van der Waals surface area contributed by atoms with E-state index in [0.29, 0.717) is 6.17 Å². The van der Waals surface area contributed by atoms with E-state index in [1.807, 2.05) is 0 Å². The lowest BCUT2D eigenvalue weighted by Gasteiger charge is -2.32. The third-order valence-corrected chi connectivity index (χ3v) is 8.68. The zero-order valence-corrected chi connectivity index (χ0v) is 12.9. The van der Waals surface area contributed by atoms with E-state index >= 15 is 0 Å². The molecular formula is C19H19NSi. The Balaban J connectivity index is 2.29. The van der Waals surface area contributed by atoms with Crippen LogP contribution in [0.5, 0.6) is 0 Å². The van der Waals surface area contributed by atoms with Crippen LogP contribution in [-0.4, -0.2) is 14.2 Å². The van der Waals surface area contributed by atoms with Crippen LogP contribution >= 0.6 is 0 Å². The molecule has 0 bridgehead atoms. The highest BCUT2D eigenvalue weighted by molar-refractivity contribution is 7.11. The van der Waals surface area contributed by atoms with E-state index in [9.17, 15) is 0 Å². The highest BCUT2D eigenvalue weighted by atomic mass is 28.3. The lowest BCUT2D eigenvalue weighted by molar-refractivity contribution is 1.33. The fourth-order valence-electron chi connectivity index (χ4n) is 3.02. The molecule has 0 amide bonds. The smallest absolute Gasteiger partial charge is 0.161 e. The standard InChI is InChI=1S/C19H19NSi/c20-16-21(17-10-4-1-5-11-17,18-12-6-2-7-13-18)19-14-8-3-9-15-19/h1-15H,16,20H2. The fraction of sp³-hybridized carbons (Fsp3) is 0.0526. The fourth-order valence-corrected chi connectivity index (χ4v) is 7.01. The minimum absolute atomic E-state index is 0.672. The summed E-state index contributed by atoms with van der Waals surface area (Å²) in [5, 5.41) is 4.10. The van der Waals surface area contributed by atoms with Gasteiger partial charge in [-0.05, 0) is 21.7 Å². The van der Waals surface area contributed by atoms with Gasteiger partial charge < -0.3 is 5.73 Å². The summed E-state index contributed by atoms with van der Waals surface area (Å²) in [6.07, 6.45) is 0.672. The maximum atomic E-state index is 6.37. The van der Waals surface area contributed by atoms with Crippen molar-refractivity contribution in [3.63, 3.8) is 0 Å². The van der Waals surface area contributed by atoms with E-state index in [1.54, 1.807) is 0 Å². The minimum atomic E-state index is -2.12. The Morgan fingerprint density at radius 1 is 0.524 bits per heavy atom. The number of benzene rings is 3. The second-order valence-electron chi connectivity index (χ2n) is 5.21. The molecule has 0 aliphatic rings. The Morgan fingerprint density at radius 2 is 0.810 bits per heavy atom. The van der Waals surface area contributed by atoms with Crippen molar-refractivity contribution in [2.75, 3.05) is 6.17 Å². The minimum Gasteiger partial charge on any atom is -0.332 e.